The standard InChI is InChI=1S/C21H23N5O2/c1-12(2)26-19-17(11-23-26)16(10-18(25-19)13-7-8-13)21(28)24-15-6-4-5-14(9-15)20(27)22-3/h4-6,9-13H,7-8H2,1-3H3,(H,22,27)(H,24,28). The summed E-state index contributed by atoms with van der Waals surface area (Å²) in [4.78, 5) is 29.7. The first-order chi connectivity index (χ1) is 13.5. The molecule has 0 bridgehead atoms. The van der Waals surface area contributed by atoms with Gasteiger partial charge in [0.15, 0.2) is 5.65 Å². The van der Waals surface area contributed by atoms with Crippen molar-refractivity contribution < 1.29 is 9.59 Å². The summed E-state index contributed by atoms with van der Waals surface area (Å²) in [6.45, 7) is 4.09. The maximum absolute atomic E-state index is 13.1. The van der Waals surface area contributed by atoms with E-state index < -0.39 is 0 Å². The fraction of sp³-hybridized carbons (Fsp3) is 0.333. The Morgan fingerprint density at radius 2 is 1.96 bits per heavy atom. The van der Waals surface area contributed by atoms with Crippen LogP contribution in [0.1, 0.15) is 65.1 Å². The molecular weight excluding hydrogens is 354 g/mol. The molecule has 7 heteroatoms. The first kappa shape index (κ1) is 18.2. The van der Waals surface area contributed by atoms with Gasteiger partial charge in [-0.1, -0.05) is 6.07 Å². The maximum atomic E-state index is 13.1. The molecule has 0 radical (unpaired) electrons. The summed E-state index contributed by atoms with van der Waals surface area (Å²) in [6, 6.07) is 8.91. The fourth-order valence-electron chi connectivity index (χ4n) is 3.27. The van der Waals surface area contributed by atoms with Gasteiger partial charge in [0.25, 0.3) is 11.8 Å². The van der Waals surface area contributed by atoms with Gasteiger partial charge in [0.05, 0.1) is 17.1 Å². The minimum absolute atomic E-state index is 0.152. The van der Waals surface area contributed by atoms with Gasteiger partial charge in [-0.15, -0.1) is 0 Å². The highest BCUT2D eigenvalue weighted by Crippen LogP contribution is 2.40. The zero-order valence-corrected chi connectivity index (χ0v) is 16.2. The van der Waals surface area contributed by atoms with Crippen molar-refractivity contribution in [1.29, 1.82) is 0 Å². The molecule has 1 aliphatic carbocycles. The molecule has 0 saturated heterocycles. The minimum Gasteiger partial charge on any atom is -0.355 e. The smallest absolute Gasteiger partial charge is 0.256 e. The normalized spacial score (nSPS) is 13.7. The zero-order chi connectivity index (χ0) is 19.8. The van der Waals surface area contributed by atoms with Gasteiger partial charge in [-0.25, -0.2) is 9.67 Å². The third kappa shape index (κ3) is 3.35. The molecule has 7 nitrogen and oxygen atoms in total. The number of hydrogen-bond donors (Lipinski definition) is 2. The van der Waals surface area contributed by atoms with Crippen LogP contribution < -0.4 is 10.6 Å². The van der Waals surface area contributed by atoms with Crippen molar-refractivity contribution in [2.75, 3.05) is 12.4 Å². The molecule has 1 aromatic carbocycles. The monoisotopic (exact) mass is 377 g/mol. The largest absolute Gasteiger partial charge is 0.355 e. The molecule has 2 aromatic heterocycles. The molecule has 144 valence electrons. The molecule has 0 aliphatic heterocycles. The van der Waals surface area contributed by atoms with Crippen molar-refractivity contribution in [3.63, 3.8) is 0 Å². The van der Waals surface area contributed by atoms with Crippen LogP contribution in [0.25, 0.3) is 11.0 Å². The van der Waals surface area contributed by atoms with Gasteiger partial charge in [0.2, 0.25) is 0 Å². The fourth-order valence-corrected chi connectivity index (χ4v) is 3.27. The van der Waals surface area contributed by atoms with Crippen LogP contribution >= 0.6 is 0 Å². The Morgan fingerprint density at radius 1 is 1.18 bits per heavy atom. The van der Waals surface area contributed by atoms with E-state index in [0.29, 0.717) is 22.7 Å². The lowest BCUT2D eigenvalue weighted by Crippen LogP contribution is -2.18. The second kappa shape index (κ2) is 7.07. The van der Waals surface area contributed by atoms with Gasteiger partial charge in [0, 0.05) is 36.0 Å². The highest BCUT2D eigenvalue weighted by molar-refractivity contribution is 6.12. The maximum Gasteiger partial charge on any atom is 0.256 e. The Balaban J connectivity index is 1.72. The summed E-state index contributed by atoms with van der Waals surface area (Å²) in [5.74, 6) is -0.00803. The van der Waals surface area contributed by atoms with Gasteiger partial charge in [-0.05, 0) is 51.0 Å². The number of carbonyl (C=O) groups is 2. The minimum atomic E-state index is -0.230. The van der Waals surface area contributed by atoms with Crippen LogP contribution in [0.15, 0.2) is 36.5 Å². The SMILES string of the molecule is CNC(=O)c1cccc(NC(=O)c2cc(C3CC3)nc3c2cnn3C(C)C)c1. The summed E-state index contributed by atoms with van der Waals surface area (Å²) in [6.07, 6.45) is 3.90. The average molecular weight is 377 g/mol. The third-order valence-electron chi connectivity index (χ3n) is 4.93. The number of nitrogens with one attached hydrogen (secondary N) is 2. The number of rotatable bonds is 5. The highest BCUT2D eigenvalue weighted by Gasteiger charge is 2.28. The molecule has 0 atom stereocenters. The number of hydrogen-bond acceptors (Lipinski definition) is 4. The third-order valence-corrected chi connectivity index (χ3v) is 4.93. The number of carbonyl (C=O) groups excluding carboxylic acids is 2. The van der Waals surface area contributed by atoms with Gasteiger partial charge >= 0.3 is 0 Å². The number of benzene rings is 1. The first-order valence-electron chi connectivity index (χ1n) is 9.49. The highest BCUT2D eigenvalue weighted by atomic mass is 16.2. The van der Waals surface area contributed by atoms with Crippen molar-refractivity contribution >= 4 is 28.5 Å². The van der Waals surface area contributed by atoms with Crippen LogP contribution in [0.4, 0.5) is 5.69 Å². The molecule has 2 amide bonds. The average Bonchev–Trinajstić information content (AvgIpc) is 3.45. The van der Waals surface area contributed by atoms with Crippen molar-refractivity contribution in [3.8, 4) is 0 Å². The second-order valence-electron chi connectivity index (χ2n) is 7.40. The van der Waals surface area contributed by atoms with E-state index in [1.807, 2.05) is 24.6 Å². The number of fused-ring (bicyclic) bond motifs is 1. The Kier molecular flexibility index (Phi) is 4.58. The van der Waals surface area contributed by atoms with Gasteiger partial charge < -0.3 is 10.6 Å². The van der Waals surface area contributed by atoms with E-state index >= 15 is 0 Å². The van der Waals surface area contributed by atoms with Crippen molar-refractivity contribution in [2.24, 2.45) is 0 Å². The lowest BCUT2D eigenvalue weighted by atomic mass is 10.1. The van der Waals surface area contributed by atoms with Gasteiger partial charge in [-0.3, -0.25) is 9.59 Å². The summed E-state index contributed by atoms with van der Waals surface area (Å²) in [7, 11) is 1.58. The van der Waals surface area contributed by atoms with Crippen LogP contribution in [0.2, 0.25) is 0 Å². The van der Waals surface area contributed by atoms with E-state index in [1.165, 1.54) is 0 Å². The summed E-state index contributed by atoms with van der Waals surface area (Å²) in [5, 5.41) is 10.7. The Morgan fingerprint density at radius 3 is 2.64 bits per heavy atom. The number of anilines is 1. The van der Waals surface area contributed by atoms with Crippen LogP contribution in [0.3, 0.4) is 0 Å². The molecule has 2 heterocycles. The Bertz CT molecular complexity index is 1070. The molecule has 1 aliphatic rings. The van der Waals surface area contributed by atoms with Crippen molar-refractivity contribution in [2.45, 2.75) is 38.6 Å². The van der Waals surface area contributed by atoms with Crippen LogP contribution in [-0.2, 0) is 0 Å². The van der Waals surface area contributed by atoms with Gasteiger partial charge in [-0.2, -0.15) is 5.10 Å². The van der Waals surface area contributed by atoms with Crippen LogP contribution in [-0.4, -0.2) is 33.6 Å². The van der Waals surface area contributed by atoms with Gasteiger partial charge in [0.1, 0.15) is 0 Å². The number of aromatic nitrogens is 3. The summed E-state index contributed by atoms with van der Waals surface area (Å²) >= 11 is 0. The summed E-state index contributed by atoms with van der Waals surface area (Å²) < 4.78 is 1.85. The quantitative estimate of drug-likeness (QED) is 0.712. The van der Waals surface area contributed by atoms with E-state index in [-0.39, 0.29) is 17.9 Å². The lowest BCUT2D eigenvalue weighted by molar-refractivity contribution is 0.0961. The van der Waals surface area contributed by atoms with Crippen molar-refractivity contribution in [3.05, 3.63) is 53.3 Å². The number of pyridine rings is 1. The predicted molar refractivity (Wildman–Crippen MR) is 108 cm³/mol. The molecule has 3 aromatic rings. The lowest BCUT2D eigenvalue weighted by Gasteiger charge is -2.11. The molecule has 1 fully saturated rings. The molecular formula is C21H23N5O2. The molecule has 28 heavy (non-hydrogen) atoms. The summed E-state index contributed by atoms with van der Waals surface area (Å²) in [5.41, 5.74) is 3.30. The molecule has 0 unspecified atom stereocenters. The number of amides is 2. The van der Waals surface area contributed by atoms with E-state index in [1.54, 1.807) is 37.5 Å². The Hall–Kier alpha value is -3.22. The predicted octanol–water partition coefficient (Wildman–Crippen LogP) is 3.50. The van der Waals surface area contributed by atoms with E-state index in [2.05, 4.69) is 15.7 Å². The van der Waals surface area contributed by atoms with Crippen molar-refractivity contribution in [1.82, 2.24) is 20.1 Å². The number of nitrogens with zero attached hydrogens (tertiary/aromatic N) is 3. The molecule has 2 N–H and O–H groups in total. The topological polar surface area (TPSA) is 88.9 Å². The van der Waals surface area contributed by atoms with Crippen LogP contribution in [0, 0.1) is 0 Å². The first-order valence-corrected chi connectivity index (χ1v) is 9.49. The zero-order valence-electron chi connectivity index (χ0n) is 16.2. The van der Waals surface area contributed by atoms with Crippen LogP contribution in [0.5, 0.6) is 0 Å². The molecule has 1 saturated carbocycles. The Labute approximate surface area is 163 Å². The van der Waals surface area contributed by atoms with E-state index in [9.17, 15) is 9.59 Å². The van der Waals surface area contributed by atoms with E-state index in [4.69, 9.17) is 4.98 Å². The second-order valence-corrected chi connectivity index (χ2v) is 7.40. The van der Waals surface area contributed by atoms with E-state index in [0.717, 1.165) is 29.6 Å². The molecule has 0 spiro atoms. The molecule has 4 rings (SSSR count).